The molecule has 1 N–H and O–H groups in total. The van der Waals surface area contributed by atoms with Crippen LogP contribution in [0.4, 0.5) is 5.69 Å². The molecule has 2 atom stereocenters. The number of carbonyl (C=O) groups is 1. The Balaban J connectivity index is 1.56. The summed E-state index contributed by atoms with van der Waals surface area (Å²) in [6.07, 6.45) is 0.662. The molecule has 1 amide bonds. The number of nitrogens with zero attached hydrogens (tertiary/aromatic N) is 2. The molecule has 1 fully saturated rings. The highest BCUT2D eigenvalue weighted by Crippen LogP contribution is 2.41. The zero-order valence-corrected chi connectivity index (χ0v) is 15.9. The van der Waals surface area contributed by atoms with Crippen LogP contribution in [0.2, 0.25) is 0 Å². The van der Waals surface area contributed by atoms with Crippen molar-refractivity contribution in [1.82, 2.24) is 9.88 Å². The summed E-state index contributed by atoms with van der Waals surface area (Å²) >= 11 is 5.73. The molecule has 2 aliphatic rings. The maximum absolute atomic E-state index is 13.3. The lowest BCUT2D eigenvalue weighted by Gasteiger charge is -2.34. The van der Waals surface area contributed by atoms with E-state index in [1.165, 1.54) is 10.9 Å². The van der Waals surface area contributed by atoms with Crippen molar-refractivity contribution in [1.29, 1.82) is 0 Å². The Hall–Kier alpha value is -2.86. The highest BCUT2D eigenvalue weighted by Gasteiger charge is 2.49. The number of hydrogen-bond acceptors (Lipinski definition) is 3. The molecule has 0 aliphatic carbocycles. The first-order valence-electron chi connectivity index (χ1n) is 9.00. The van der Waals surface area contributed by atoms with Gasteiger partial charge in [0.25, 0.3) is 5.91 Å². The van der Waals surface area contributed by atoms with E-state index in [0.29, 0.717) is 11.5 Å². The van der Waals surface area contributed by atoms with Gasteiger partial charge in [0.05, 0.1) is 18.8 Å². The quantitative estimate of drug-likeness (QED) is 0.690. The fourth-order valence-corrected chi connectivity index (χ4v) is 4.81. The maximum Gasteiger partial charge on any atom is 0.256 e. The molecule has 1 saturated heterocycles. The fraction of sp³-hybridized carbons (Fsp3) is 0.238. The number of thiocarbonyl (C=S) groups is 1. The van der Waals surface area contributed by atoms with Crippen molar-refractivity contribution in [3.05, 3.63) is 59.8 Å². The number of benzene rings is 2. The average Bonchev–Trinajstić information content (AvgIpc) is 3.18. The first kappa shape index (κ1) is 16.3. The minimum Gasteiger partial charge on any atom is -0.497 e. The summed E-state index contributed by atoms with van der Waals surface area (Å²) in [7, 11) is 1.63. The van der Waals surface area contributed by atoms with Crippen LogP contribution in [0.15, 0.2) is 48.5 Å². The number of amides is 1. The van der Waals surface area contributed by atoms with Crippen molar-refractivity contribution in [2.45, 2.75) is 25.4 Å². The average molecular weight is 377 g/mol. The van der Waals surface area contributed by atoms with Gasteiger partial charge < -0.3 is 14.6 Å². The third kappa shape index (κ3) is 2.23. The third-order valence-electron chi connectivity index (χ3n) is 5.66. The van der Waals surface area contributed by atoms with Gasteiger partial charge in [0.1, 0.15) is 11.8 Å². The number of nitrogens with one attached hydrogen (secondary N) is 1. The smallest absolute Gasteiger partial charge is 0.256 e. The van der Waals surface area contributed by atoms with Gasteiger partial charge in [-0.05, 0) is 55.0 Å². The number of methoxy groups -OCH3 is 1. The van der Waals surface area contributed by atoms with Crippen LogP contribution in [0.1, 0.15) is 24.2 Å². The van der Waals surface area contributed by atoms with Crippen molar-refractivity contribution in [3.63, 3.8) is 0 Å². The molecular weight excluding hydrogens is 358 g/mol. The second kappa shape index (κ2) is 5.82. The van der Waals surface area contributed by atoms with E-state index in [1.54, 1.807) is 12.0 Å². The van der Waals surface area contributed by atoms with E-state index < -0.39 is 0 Å². The summed E-state index contributed by atoms with van der Waals surface area (Å²) in [6, 6.07) is 15.5. The number of carbonyl (C=O) groups excluding carboxylic acids is 1. The lowest BCUT2D eigenvalue weighted by Crippen LogP contribution is -2.42. The van der Waals surface area contributed by atoms with E-state index in [0.717, 1.165) is 22.6 Å². The fourth-order valence-electron chi connectivity index (χ4n) is 4.33. The number of anilines is 1. The maximum atomic E-state index is 13.3. The minimum absolute atomic E-state index is 0.0193. The largest absolute Gasteiger partial charge is 0.497 e. The van der Waals surface area contributed by atoms with E-state index in [9.17, 15) is 4.79 Å². The number of ether oxygens (including phenoxy) is 1. The molecular formula is C21H19N3O2S. The second-order valence-corrected chi connectivity index (χ2v) is 7.39. The summed E-state index contributed by atoms with van der Waals surface area (Å²) in [5.74, 6) is 0.789. The normalized spacial score (nSPS) is 21.6. The van der Waals surface area contributed by atoms with E-state index in [4.69, 9.17) is 17.0 Å². The number of hydrogen-bond donors (Lipinski definition) is 1. The monoisotopic (exact) mass is 377 g/mol. The molecule has 6 heteroatoms. The van der Waals surface area contributed by atoms with E-state index in [1.807, 2.05) is 36.4 Å². The van der Waals surface area contributed by atoms with Crippen LogP contribution >= 0.6 is 12.2 Å². The van der Waals surface area contributed by atoms with Crippen LogP contribution in [0.3, 0.4) is 0 Å². The predicted octanol–water partition coefficient (Wildman–Crippen LogP) is 3.80. The molecule has 27 heavy (non-hydrogen) atoms. The molecule has 2 aromatic carbocycles. The molecule has 3 heterocycles. The Morgan fingerprint density at radius 2 is 1.89 bits per heavy atom. The Bertz CT molecular complexity index is 1070. The van der Waals surface area contributed by atoms with E-state index in [2.05, 4.69) is 28.9 Å². The number of fused-ring (bicyclic) bond motifs is 4. The third-order valence-corrected chi connectivity index (χ3v) is 6.06. The van der Waals surface area contributed by atoms with Gasteiger partial charge >= 0.3 is 0 Å². The van der Waals surface area contributed by atoms with Crippen LogP contribution in [-0.2, 0) is 11.2 Å². The Morgan fingerprint density at radius 3 is 2.63 bits per heavy atom. The summed E-state index contributed by atoms with van der Waals surface area (Å²) in [5.41, 5.74) is 4.27. The molecule has 0 unspecified atom stereocenters. The van der Waals surface area contributed by atoms with Crippen LogP contribution in [0, 0.1) is 0 Å². The first-order chi connectivity index (χ1) is 13.1. The molecule has 136 valence electrons. The molecule has 0 radical (unpaired) electrons. The van der Waals surface area contributed by atoms with Crippen LogP contribution in [0.25, 0.3) is 10.9 Å². The van der Waals surface area contributed by atoms with Gasteiger partial charge in [-0.1, -0.05) is 18.2 Å². The molecule has 1 aromatic heterocycles. The SMILES string of the molecule is COc1ccc(N2C(=O)[C@H]3Cc4c([nH]c5ccccc45)[C@H](C)N3C2=S)cc1. The molecule has 0 bridgehead atoms. The van der Waals surface area contributed by atoms with Crippen molar-refractivity contribution < 1.29 is 9.53 Å². The number of aromatic amines is 1. The molecule has 2 aliphatic heterocycles. The highest BCUT2D eigenvalue weighted by atomic mass is 32.1. The highest BCUT2D eigenvalue weighted by molar-refractivity contribution is 7.80. The zero-order chi connectivity index (χ0) is 18.7. The lowest BCUT2D eigenvalue weighted by atomic mass is 9.93. The molecule has 5 nitrogen and oxygen atoms in total. The predicted molar refractivity (Wildman–Crippen MR) is 109 cm³/mol. The van der Waals surface area contributed by atoms with Crippen LogP contribution in [-0.4, -0.2) is 34.1 Å². The standard InChI is InChI=1S/C21H19N3O2S/c1-12-19-16(15-5-3-4-6-17(15)22-19)11-18-20(25)24(21(27)23(12)18)13-7-9-14(26-2)10-8-13/h3-10,12,18,22H,11H2,1-2H3/t12-,18+/m0/s1. The van der Waals surface area contributed by atoms with Crippen molar-refractivity contribution in [3.8, 4) is 5.75 Å². The van der Waals surface area contributed by atoms with Gasteiger partial charge in [-0.25, -0.2) is 0 Å². The first-order valence-corrected chi connectivity index (χ1v) is 9.40. The van der Waals surface area contributed by atoms with E-state index >= 15 is 0 Å². The molecule has 5 rings (SSSR count). The topological polar surface area (TPSA) is 48.6 Å². The summed E-state index contributed by atoms with van der Waals surface area (Å²) in [4.78, 5) is 20.5. The second-order valence-electron chi connectivity index (χ2n) is 7.02. The van der Waals surface area contributed by atoms with Crippen molar-refractivity contribution in [2.75, 3.05) is 12.0 Å². The van der Waals surface area contributed by atoms with E-state index in [-0.39, 0.29) is 18.0 Å². The Morgan fingerprint density at radius 1 is 1.15 bits per heavy atom. The van der Waals surface area contributed by atoms with Crippen LogP contribution in [0.5, 0.6) is 5.75 Å². The van der Waals surface area contributed by atoms with Gasteiger partial charge in [-0.15, -0.1) is 0 Å². The van der Waals surface area contributed by atoms with Crippen LogP contribution < -0.4 is 9.64 Å². The summed E-state index contributed by atoms with van der Waals surface area (Å²) < 4.78 is 5.22. The van der Waals surface area contributed by atoms with Gasteiger partial charge in [-0.3, -0.25) is 9.69 Å². The number of para-hydroxylation sites is 1. The minimum atomic E-state index is -0.263. The van der Waals surface area contributed by atoms with Crippen molar-refractivity contribution in [2.24, 2.45) is 0 Å². The van der Waals surface area contributed by atoms with Gasteiger partial charge in [0.2, 0.25) is 0 Å². The molecule has 3 aromatic rings. The molecule has 0 spiro atoms. The number of aromatic nitrogens is 1. The number of H-pyrrole nitrogens is 1. The Labute approximate surface area is 162 Å². The molecule has 0 saturated carbocycles. The zero-order valence-electron chi connectivity index (χ0n) is 15.1. The van der Waals surface area contributed by atoms with Crippen molar-refractivity contribution >= 4 is 39.8 Å². The summed E-state index contributed by atoms with van der Waals surface area (Å²) in [5, 5.41) is 1.76. The van der Waals surface area contributed by atoms with Gasteiger partial charge in [-0.2, -0.15) is 0 Å². The summed E-state index contributed by atoms with van der Waals surface area (Å²) in [6.45, 7) is 2.11. The van der Waals surface area contributed by atoms with Gasteiger partial charge in [0.15, 0.2) is 5.11 Å². The Kier molecular flexibility index (Phi) is 3.52. The number of rotatable bonds is 2. The lowest BCUT2D eigenvalue weighted by molar-refractivity contribution is -0.120. The van der Waals surface area contributed by atoms with Gasteiger partial charge in [0, 0.05) is 23.0 Å².